The Bertz CT molecular complexity index is 548. The van der Waals surface area contributed by atoms with Gasteiger partial charge in [0.05, 0.1) is 5.69 Å². The maximum absolute atomic E-state index is 9.56. The largest absolute Gasteiger partial charge is 0.504 e. The predicted molar refractivity (Wildman–Crippen MR) is 67.9 cm³/mol. The number of nitrogens with zero attached hydrogens (tertiary/aromatic N) is 1. The van der Waals surface area contributed by atoms with E-state index in [1.165, 1.54) is 12.3 Å². The van der Waals surface area contributed by atoms with E-state index in [1.807, 2.05) is 0 Å². The van der Waals surface area contributed by atoms with Crippen LogP contribution in [0.5, 0.6) is 11.5 Å². The molecule has 2 aromatic carbocycles. The van der Waals surface area contributed by atoms with Crippen molar-refractivity contribution in [1.29, 1.82) is 0 Å². The Labute approximate surface area is 98.7 Å². The summed E-state index contributed by atoms with van der Waals surface area (Å²) in [6.45, 7) is 0. The van der Waals surface area contributed by atoms with E-state index in [9.17, 15) is 10.2 Å². The molecule has 0 saturated heterocycles. The first kappa shape index (κ1) is 11.0. The molecule has 2 rings (SSSR count). The highest BCUT2D eigenvalue weighted by Gasteiger charge is 2.02. The van der Waals surface area contributed by atoms with E-state index >= 15 is 0 Å². The van der Waals surface area contributed by atoms with Crippen molar-refractivity contribution in [1.82, 2.24) is 0 Å². The van der Waals surface area contributed by atoms with Crippen molar-refractivity contribution in [3.05, 3.63) is 48.0 Å². The first-order valence-corrected chi connectivity index (χ1v) is 5.07. The van der Waals surface area contributed by atoms with Crippen LogP contribution in [0.25, 0.3) is 0 Å². The number of nitrogen functional groups attached to an aromatic ring is 1. The van der Waals surface area contributed by atoms with Crippen LogP contribution in [-0.4, -0.2) is 16.4 Å². The van der Waals surface area contributed by atoms with Crippen molar-refractivity contribution in [2.45, 2.75) is 0 Å². The van der Waals surface area contributed by atoms with E-state index in [1.54, 1.807) is 36.4 Å². The monoisotopic (exact) mass is 228 g/mol. The number of para-hydroxylation sites is 1. The lowest BCUT2D eigenvalue weighted by Crippen LogP contribution is -1.83. The minimum Gasteiger partial charge on any atom is -0.504 e. The fraction of sp³-hybridized carbons (Fsp3) is 0. The molecular formula is C13H12N2O2. The lowest BCUT2D eigenvalue weighted by molar-refractivity contribution is 0.403. The summed E-state index contributed by atoms with van der Waals surface area (Å²) in [6.07, 6.45) is 1.49. The topological polar surface area (TPSA) is 78.8 Å². The van der Waals surface area contributed by atoms with Crippen LogP contribution in [0.3, 0.4) is 0 Å². The van der Waals surface area contributed by atoms with Crippen LogP contribution in [-0.2, 0) is 0 Å². The highest BCUT2D eigenvalue weighted by atomic mass is 16.3. The van der Waals surface area contributed by atoms with Crippen molar-refractivity contribution in [2.24, 2.45) is 4.99 Å². The number of hydrogen-bond donors (Lipinski definition) is 3. The predicted octanol–water partition coefficient (Wildman–Crippen LogP) is 2.43. The van der Waals surface area contributed by atoms with Gasteiger partial charge in [0.2, 0.25) is 0 Å². The van der Waals surface area contributed by atoms with Crippen molar-refractivity contribution < 1.29 is 10.2 Å². The molecule has 86 valence electrons. The molecule has 0 aliphatic heterocycles. The van der Waals surface area contributed by atoms with E-state index in [-0.39, 0.29) is 11.5 Å². The summed E-state index contributed by atoms with van der Waals surface area (Å²) in [5, 5.41) is 18.9. The van der Waals surface area contributed by atoms with Crippen molar-refractivity contribution in [3.8, 4) is 11.5 Å². The molecule has 4 nitrogen and oxygen atoms in total. The Morgan fingerprint density at radius 1 is 1.00 bits per heavy atom. The van der Waals surface area contributed by atoms with Crippen LogP contribution in [0.2, 0.25) is 0 Å². The molecule has 0 heterocycles. The zero-order chi connectivity index (χ0) is 12.3. The first-order chi connectivity index (χ1) is 8.16. The summed E-state index contributed by atoms with van der Waals surface area (Å²) in [5.41, 5.74) is 7.41. The number of phenolic OH excluding ortho intramolecular Hbond substituents is 2. The zero-order valence-electron chi connectivity index (χ0n) is 9.04. The fourth-order valence-corrected chi connectivity index (χ4v) is 1.36. The third-order valence-electron chi connectivity index (χ3n) is 2.29. The van der Waals surface area contributed by atoms with Crippen molar-refractivity contribution >= 4 is 17.6 Å². The standard InChI is InChI=1S/C13H12N2O2/c14-10-4-6-11(7-5-10)15-8-9-2-1-3-12(16)13(9)17/h1-8,16-17H,14H2. The molecule has 4 heteroatoms. The van der Waals surface area contributed by atoms with Crippen LogP contribution in [0.15, 0.2) is 47.5 Å². The average Bonchev–Trinajstić information content (AvgIpc) is 2.33. The van der Waals surface area contributed by atoms with Gasteiger partial charge in [-0.2, -0.15) is 0 Å². The Hall–Kier alpha value is -2.49. The number of aromatic hydroxyl groups is 2. The smallest absolute Gasteiger partial charge is 0.166 e. The second-order valence-corrected chi connectivity index (χ2v) is 3.56. The SMILES string of the molecule is Nc1ccc(N=Cc2cccc(O)c2O)cc1. The average molecular weight is 228 g/mol. The molecule has 0 radical (unpaired) electrons. The molecule has 0 aliphatic rings. The molecule has 0 amide bonds. The minimum atomic E-state index is -0.174. The van der Waals surface area contributed by atoms with Crippen LogP contribution < -0.4 is 5.73 Å². The molecule has 17 heavy (non-hydrogen) atoms. The molecule has 0 aliphatic carbocycles. The number of aliphatic imine (C=N–C) groups is 1. The molecule has 0 fully saturated rings. The number of rotatable bonds is 2. The second-order valence-electron chi connectivity index (χ2n) is 3.56. The van der Waals surface area contributed by atoms with Crippen LogP contribution in [0.4, 0.5) is 11.4 Å². The Morgan fingerprint density at radius 3 is 2.41 bits per heavy atom. The number of hydrogen-bond acceptors (Lipinski definition) is 4. The molecule has 0 spiro atoms. The summed E-state index contributed by atoms with van der Waals surface area (Å²) in [7, 11) is 0. The Balaban J connectivity index is 2.26. The van der Waals surface area contributed by atoms with Gasteiger partial charge in [-0.05, 0) is 36.4 Å². The lowest BCUT2D eigenvalue weighted by atomic mass is 10.2. The summed E-state index contributed by atoms with van der Waals surface area (Å²) in [4.78, 5) is 4.17. The molecular weight excluding hydrogens is 216 g/mol. The molecule has 0 bridgehead atoms. The van der Waals surface area contributed by atoms with Crippen molar-refractivity contribution in [3.63, 3.8) is 0 Å². The highest BCUT2D eigenvalue weighted by Crippen LogP contribution is 2.27. The summed E-state index contributed by atoms with van der Waals surface area (Å²) < 4.78 is 0. The van der Waals surface area contributed by atoms with E-state index in [0.29, 0.717) is 11.3 Å². The maximum Gasteiger partial charge on any atom is 0.166 e. The van der Waals surface area contributed by atoms with Gasteiger partial charge in [-0.15, -0.1) is 0 Å². The molecule has 0 saturated carbocycles. The molecule has 4 N–H and O–H groups in total. The minimum absolute atomic E-state index is 0.161. The Kier molecular flexibility index (Phi) is 2.96. The quantitative estimate of drug-likeness (QED) is 0.419. The highest BCUT2D eigenvalue weighted by molar-refractivity contribution is 5.86. The normalized spacial score (nSPS) is 10.8. The number of anilines is 1. The molecule has 0 aromatic heterocycles. The van der Waals surface area contributed by atoms with Gasteiger partial charge < -0.3 is 15.9 Å². The summed E-state index contributed by atoms with van der Waals surface area (Å²) in [5.74, 6) is -0.335. The van der Waals surface area contributed by atoms with Gasteiger partial charge in [-0.25, -0.2) is 0 Å². The zero-order valence-corrected chi connectivity index (χ0v) is 9.04. The molecule has 0 atom stereocenters. The molecule has 0 unspecified atom stereocenters. The summed E-state index contributed by atoms with van der Waals surface area (Å²) >= 11 is 0. The summed E-state index contributed by atoms with van der Waals surface area (Å²) in [6, 6.07) is 11.7. The number of nitrogens with two attached hydrogens (primary N) is 1. The van der Waals surface area contributed by atoms with Gasteiger partial charge in [-0.3, -0.25) is 4.99 Å². The van der Waals surface area contributed by atoms with Gasteiger partial charge in [0.15, 0.2) is 11.5 Å². The van der Waals surface area contributed by atoms with Gasteiger partial charge in [0, 0.05) is 17.5 Å². The van der Waals surface area contributed by atoms with Crippen LogP contribution in [0.1, 0.15) is 5.56 Å². The third-order valence-corrected chi connectivity index (χ3v) is 2.29. The van der Waals surface area contributed by atoms with Gasteiger partial charge in [-0.1, -0.05) is 6.07 Å². The lowest BCUT2D eigenvalue weighted by Gasteiger charge is -2.00. The fourth-order valence-electron chi connectivity index (χ4n) is 1.36. The van der Waals surface area contributed by atoms with E-state index in [0.717, 1.165) is 5.69 Å². The van der Waals surface area contributed by atoms with Crippen molar-refractivity contribution in [2.75, 3.05) is 5.73 Å². The van der Waals surface area contributed by atoms with Crippen LogP contribution >= 0.6 is 0 Å². The van der Waals surface area contributed by atoms with Gasteiger partial charge >= 0.3 is 0 Å². The van der Waals surface area contributed by atoms with E-state index in [4.69, 9.17) is 5.73 Å². The van der Waals surface area contributed by atoms with Crippen LogP contribution in [0, 0.1) is 0 Å². The van der Waals surface area contributed by atoms with E-state index < -0.39 is 0 Å². The maximum atomic E-state index is 9.56. The Morgan fingerprint density at radius 2 is 1.71 bits per heavy atom. The van der Waals surface area contributed by atoms with E-state index in [2.05, 4.69) is 4.99 Å². The first-order valence-electron chi connectivity index (χ1n) is 5.07. The number of phenols is 2. The van der Waals surface area contributed by atoms with Gasteiger partial charge in [0.25, 0.3) is 0 Å². The number of benzene rings is 2. The molecule has 2 aromatic rings. The van der Waals surface area contributed by atoms with Gasteiger partial charge in [0.1, 0.15) is 0 Å². The second kappa shape index (κ2) is 4.57. The third kappa shape index (κ3) is 2.55.